The largest absolute Gasteiger partial charge is 0.487 e. The summed E-state index contributed by atoms with van der Waals surface area (Å²) in [5.74, 6) is -0.958. The first-order valence-electron chi connectivity index (χ1n) is 3.75. The van der Waals surface area contributed by atoms with Gasteiger partial charge in [-0.2, -0.15) is 0 Å². The molecule has 5 nitrogen and oxygen atoms in total. The van der Waals surface area contributed by atoms with E-state index in [0.29, 0.717) is 0 Å². The van der Waals surface area contributed by atoms with Gasteiger partial charge in [-0.3, -0.25) is 9.59 Å². The van der Waals surface area contributed by atoms with Gasteiger partial charge in [0.05, 0.1) is 18.7 Å². The lowest BCUT2D eigenvalue weighted by Crippen LogP contribution is -2.24. The zero-order valence-electron chi connectivity index (χ0n) is 6.87. The van der Waals surface area contributed by atoms with Gasteiger partial charge in [0.2, 0.25) is 11.6 Å². The van der Waals surface area contributed by atoms with Crippen LogP contribution in [-0.4, -0.2) is 35.6 Å². The molecule has 0 unspecified atom stereocenters. The van der Waals surface area contributed by atoms with E-state index in [-0.39, 0.29) is 31.1 Å². The number of Topliss-reactive ketones (excluding diaryl/α,β-unsaturated/α-hetero) is 1. The third-order valence-electron chi connectivity index (χ3n) is 1.52. The molecule has 2 N–H and O–H groups in total. The summed E-state index contributed by atoms with van der Waals surface area (Å²) in [6.45, 7) is -0.228. The molecule has 0 spiro atoms. The van der Waals surface area contributed by atoms with Crippen LogP contribution >= 0.6 is 0 Å². The molecule has 0 aliphatic heterocycles. The second-order valence-corrected chi connectivity index (χ2v) is 2.52. The Morgan fingerprint density at radius 1 is 1.54 bits per heavy atom. The second kappa shape index (κ2) is 3.95. The van der Waals surface area contributed by atoms with Crippen LogP contribution in [0.25, 0.3) is 0 Å². The van der Waals surface area contributed by atoms with Gasteiger partial charge in [-0.15, -0.1) is 0 Å². The number of rotatable bonds is 3. The third kappa shape index (κ3) is 2.22. The lowest BCUT2D eigenvalue weighted by Gasteiger charge is -2.11. The van der Waals surface area contributed by atoms with Gasteiger partial charge in [0, 0.05) is 6.08 Å². The molecule has 0 saturated carbocycles. The van der Waals surface area contributed by atoms with E-state index in [2.05, 4.69) is 0 Å². The van der Waals surface area contributed by atoms with E-state index in [1.807, 2.05) is 0 Å². The number of aliphatic hydroxyl groups excluding tert-OH is 1. The van der Waals surface area contributed by atoms with Crippen LogP contribution < -0.4 is 0 Å². The van der Waals surface area contributed by atoms with Crippen molar-refractivity contribution in [2.24, 2.45) is 0 Å². The minimum atomic E-state index is -0.507. The first-order valence-corrected chi connectivity index (χ1v) is 3.75. The smallest absolute Gasteiger partial charge is 0.203 e. The molecule has 13 heavy (non-hydrogen) atoms. The molecule has 0 aromatic rings. The van der Waals surface area contributed by atoms with Crippen LogP contribution in [0.3, 0.4) is 0 Å². The van der Waals surface area contributed by atoms with Gasteiger partial charge in [-0.25, -0.2) is 0 Å². The molecule has 1 rings (SSSR count). The standard InChI is InChI=1S/C8H9NO4/c9-5-3-7(12)8(4-6(5)11)13-2-1-10/h4,9-10H,1-3H2. The molecule has 0 radical (unpaired) electrons. The SMILES string of the molecule is N=C1CC(=O)C(OCCO)=CC1=O. The molecule has 1 aliphatic rings. The highest BCUT2D eigenvalue weighted by Gasteiger charge is 2.24. The molecule has 0 atom stereocenters. The summed E-state index contributed by atoms with van der Waals surface area (Å²) < 4.78 is 4.81. The van der Waals surface area contributed by atoms with Crippen molar-refractivity contribution in [2.75, 3.05) is 13.2 Å². The molecule has 0 saturated heterocycles. The van der Waals surface area contributed by atoms with Crippen molar-refractivity contribution >= 4 is 17.3 Å². The summed E-state index contributed by atoms with van der Waals surface area (Å²) in [5.41, 5.74) is -0.221. The lowest BCUT2D eigenvalue weighted by atomic mass is 10.0. The van der Waals surface area contributed by atoms with Crippen LogP contribution in [0.15, 0.2) is 11.8 Å². The first-order chi connectivity index (χ1) is 6.15. The highest BCUT2D eigenvalue weighted by atomic mass is 16.5. The topological polar surface area (TPSA) is 87.5 Å². The molecule has 0 aromatic heterocycles. The van der Waals surface area contributed by atoms with Gasteiger partial charge < -0.3 is 15.3 Å². The Morgan fingerprint density at radius 3 is 2.85 bits per heavy atom. The quantitative estimate of drug-likeness (QED) is 0.614. The molecule has 0 heterocycles. The Morgan fingerprint density at radius 2 is 2.23 bits per heavy atom. The molecule has 1 aliphatic carbocycles. The first kappa shape index (κ1) is 9.60. The van der Waals surface area contributed by atoms with E-state index in [4.69, 9.17) is 15.3 Å². The molecular weight excluding hydrogens is 174 g/mol. The van der Waals surface area contributed by atoms with E-state index in [1.54, 1.807) is 0 Å². The minimum absolute atomic E-state index is 0.0157. The van der Waals surface area contributed by atoms with Crippen molar-refractivity contribution in [1.29, 1.82) is 5.41 Å². The maximum atomic E-state index is 11.1. The van der Waals surface area contributed by atoms with E-state index < -0.39 is 11.6 Å². The van der Waals surface area contributed by atoms with Gasteiger partial charge in [0.15, 0.2) is 5.76 Å². The summed E-state index contributed by atoms with van der Waals surface area (Å²) in [5, 5.41) is 15.5. The number of ether oxygens (including phenoxy) is 1. The molecule has 70 valence electrons. The van der Waals surface area contributed by atoms with Gasteiger partial charge in [-0.05, 0) is 0 Å². The van der Waals surface area contributed by atoms with E-state index in [0.717, 1.165) is 6.08 Å². The summed E-state index contributed by atoms with van der Waals surface area (Å²) in [6.07, 6.45) is 0.778. The normalized spacial score (nSPS) is 17.3. The van der Waals surface area contributed by atoms with E-state index >= 15 is 0 Å². The van der Waals surface area contributed by atoms with Crippen LogP contribution in [0.4, 0.5) is 0 Å². The lowest BCUT2D eigenvalue weighted by molar-refractivity contribution is -0.120. The number of carbonyl (C=O) groups excluding carboxylic acids is 2. The molecule has 0 fully saturated rings. The second-order valence-electron chi connectivity index (χ2n) is 2.52. The van der Waals surface area contributed by atoms with Gasteiger partial charge in [0.25, 0.3) is 0 Å². The van der Waals surface area contributed by atoms with Crippen molar-refractivity contribution in [3.05, 3.63) is 11.8 Å². The average Bonchev–Trinajstić information content (AvgIpc) is 2.09. The van der Waals surface area contributed by atoms with Crippen LogP contribution in [-0.2, 0) is 14.3 Å². The summed E-state index contributed by atoms with van der Waals surface area (Å²) in [7, 11) is 0. The van der Waals surface area contributed by atoms with Gasteiger partial charge >= 0.3 is 0 Å². The average molecular weight is 183 g/mol. The number of carbonyl (C=O) groups is 2. The van der Waals surface area contributed by atoms with Crippen LogP contribution in [0.5, 0.6) is 0 Å². The Balaban J connectivity index is 2.72. The molecule has 0 bridgehead atoms. The van der Waals surface area contributed by atoms with E-state index in [9.17, 15) is 9.59 Å². The Labute approximate surface area is 74.5 Å². The van der Waals surface area contributed by atoms with Crippen LogP contribution in [0, 0.1) is 5.41 Å². The maximum absolute atomic E-state index is 11.1. The number of hydrogen-bond donors (Lipinski definition) is 2. The van der Waals surface area contributed by atoms with Crippen molar-refractivity contribution in [2.45, 2.75) is 6.42 Å². The van der Waals surface area contributed by atoms with Crippen molar-refractivity contribution < 1.29 is 19.4 Å². The fourth-order valence-corrected chi connectivity index (χ4v) is 0.899. The number of allylic oxidation sites excluding steroid dienone is 2. The van der Waals surface area contributed by atoms with Crippen molar-refractivity contribution in [3.63, 3.8) is 0 Å². The highest BCUT2D eigenvalue weighted by Crippen LogP contribution is 2.10. The fraction of sp³-hybridized carbons (Fsp3) is 0.375. The maximum Gasteiger partial charge on any atom is 0.203 e. The Bertz CT molecular complexity index is 293. The minimum Gasteiger partial charge on any atom is -0.487 e. The summed E-state index contributed by atoms with van der Waals surface area (Å²) in [6, 6.07) is 0. The molecule has 5 heteroatoms. The van der Waals surface area contributed by atoms with Crippen LogP contribution in [0.1, 0.15) is 6.42 Å². The van der Waals surface area contributed by atoms with Gasteiger partial charge in [-0.1, -0.05) is 0 Å². The molecule has 0 amide bonds. The van der Waals surface area contributed by atoms with Crippen molar-refractivity contribution in [3.8, 4) is 0 Å². The Kier molecular flexibility index (Phi) is 2.92. The van der Waals surface area contributed by atoms with Crippen LogP contribution in [0.2, 0.25) is 0 Å². The molecule has 0 aromatic carbocycles. The number of hydrogen-bond acceptors (Lipinski definition) is 5. The monoisotopic (exact) mass is 183 g/mol. The number of ketones is 2. The zero-order chi connectivity index (χ0) is 9.84. The predicted molar refractivity (Wildman–Crippen MR) is 43.5 cm³/mol. The van der Waals surface area contributed by atoms with E-state index in [1.165, 1.54) is 0 Å². The highest BCUT2D eigenvalue weighted by molar-refractivity contribution is 6.48. The number of aliphatic hydroxyl groups is 1. The van der Waals surface area contributed by atoms with Crippen molar-refractivity contribution in [1.82, 2.24) is 0 Å². The Hall–Kier alpha value is -1.49. The number of nitrogens with one attached hydrogen (secondary N) is 1. The van der Waals surface area contributed by atoms with Gasteiger partial charge in [0.1, 0.15) is 6.61 Å². The predicted octanol–water partition coefficient (Wildman–Crippen LogP) is -0.559. The molecular formula is C8H9NO4. The fourth-order valence-electron chi connectivity index (χ4n) is 0.899. The third-order valence-corrected chi connectivity index (χ3v) is 1.52. The summed E-state index contributed by atoms with van der Waals surface area (Å²) >= 11 is 0. The zero-order valence-corrected chi connectivity index (χ0v) is 6.87. The summed E-state index contributed by atoms with van der Waals surface area (Å²) in [4.78, 5) is 22.0.